The van der Waals surface area contributed by atoms with Crippen molar-refractivity contribution in [2.75, 3.05) is 32.7 Å². The van der Waals surface area contributed by atoms with Gasteiger partial charge in [-0.2, -0.15) is 0 Å². The number of aldehydes is 1. The summed E-state index contributed by atoms with van der Waals surface area (Å²) >= 11 is 0. The Morgan fingerprint density at radius 3 is 1.14 bits per heavy atom. The molecule has 368 valence electrons. The molecule has 0 aliphatic carbocycles. The molecule has 0 saturated carbocycles. The first-order valence-electron chi connectivity index (χ1n) is 25.8. The largest absolute Gasteiger partial charge is 0.358 e. The Hall–Kier alpha value is -3.14. The van der Waals surface area contributed by atoms with Gasteiger partial charge in [0.15, 0.2) is 0 Å². The highest BCUT2D eigenvalue weighted by Gasteiger charge is 2.27. The summed E-state index contributed by atoms with van der Waals surface area (Å²) in [6.45, 7) is 5.88. The van der Waals surface area contributed by atoms with E-state index in [0.29, 0.717) is 45.1 Å². The monoisotopic (exact) mass is 898 g/mol. The van der Waals surface area contributed by atoms with Crippen LogP contribution in [0.25, 0.3) is 0 Å². The molecule has 17 N–H and O–H groups in total. The SMILES string of the molecule is CCCCCCCCCCCC(=O)NC(CCCC[NH3+])C(=O)NC(CCCC[NH3+])C(=O)NCCCCCCCCCCCC(=O)NC(CCCC[NH3+])C(=O)NC(C=O)CCCC[NH3+]. The Balaban J connectivity index is 4.59. The minimum atomic E-state index is -0.663. The summed E-state index contributed by atoms with van der Waals surface area (Å²) in [5.74, 6) is -0.983. The molecule has 4 unspecified atom stereocenters. The quantitative estimate of drug-likeness (QED) is 0.0327. The van der Waals surface area contributed by atoms with E-state index in [-0.39, 0.29) is 29.5 Å². The van der Waals surface area contributed by atoms with Crippen LogP contribution in [0.3, 0.4) is 0 Å². The minimum absolute atomic E-state index is 0.0996. The average molecular weight is 898 g/mol. The van der Waals surface area contributed by atoms with Crippen molar-refractivity contribution in [2.45, 2.75) is 237 Å². The van der Waals surface area contributed by atoms with E-state index in [4.69, 9.17) is 0 Å². The molecule has 0 aromatic heterocycles. The van der Waals surface area contributed by atoms with Gasteiger partial charge >= 0.3 is 0 Å². The summed E-state index contributed by atoms with van der Waals surface area (Å²) < 4.78 is 0. The van der Waals surface area contributed by atoms with E-state index in [1.807, 2.05) is 0 Å². The minimum Gasteiger partial charge on any atom is -0.358 e. The summed E-state index contributed by atoms with van der Waals surface area (Å²) in [6, 6.07) is -2.51. The molecular weight excluding hydrogens is 799 g/mol. The standard InChI is InChI=1S/C48H95N9O6/c1-2-3-4-5-6-8-11-14-18-33-45(60)56-43(31-22-26-37-52)48(63)57-41(29-20-24-35-50)46(61)53-38-27-16-13-10-7-9-12-15-17-32-44(59)55-42(30-21-25-36-51)47(62)54-40(39-58)28-19-23-34-49/h39-43H,2-38,49-52H2,1H3,(H,53,61)(H,54,62)(H,55,59)(H,56,60)(H,57,63)/p+4. The summed E-state index contributed by atoms with van der Waals surface area (Å²) in [5.41, 5.74) is 15.5. The van der Waals surface area contributed by atoms with Crippen LogP contribution in [0.4, 0.5) is 0 Å². The maximum absolute atomic E-state index is 13.5. The van der Waals surface area contributed by atoms with Crippen molar-refractivity contribution >= 4 is 35.8 Å². The number of amides is 5. The molecule has 63 heavy (non-hydrogen) atoms. The van der Waals surface area contributed by atoms with Gasteiger partial charge in [-0.1, -0.05) is 103 Å². The molecule has 0 fully saturated rings. The predicted molar refractivity (Wildman–Crippen MR) is 251 cm³/mol. The fraction of sp³-hybridized carbons (Fsp3) is 0.875. The molecule has 15 heteroatoms. The lowest BCUT2D eigenvalue weighted by Gasteiger charge is -2.23. The van der Waals surface area contributed by atoms with Crippen LogP contribution < -0.4 is 49.5 Å². The Morgan fingerprint density at radius 1 is 0.397 bits per heavy atom. The van der Waals surface area contributed by atoms with Crippen LogP contribution >= 0.6 is 0 Å². The van der Waals surface area contributed by atoms with Crippen molar-refractivity contribution in [3.8, 4) is 0 Å². The fourth-order valence-corrected chi connectivity index (χ4v) is 7.77. The van der Waals surface area contributed by atoms with Crippen LogP contribution in [0.2, 0.25) is 0 Å². The van der Waals surface area contributed by atoms with E-state index in [1.165, 1.54) is 38.5 Å². The Bertz CT molecular complexity index is 1160. The van der Waals surface area contributed by atoms with Crippen molar-refractivity contribution in [1.29, 1.82) is 0 Å². The second kappa shape index (κ2) is 44.1. The maximum atomic E-state index is 13.5. The van der Waals surface area contributed by atoms with Gasteiger partial charge < -0.3 is 54.3 Å². The molecule has 0 spiro atoms. The fourth-order valence-electron chi connectivity index (χ4n) is 7.77. The van der Waals surface area contributed by atoms with Gasteiger partial charge in [-0.15, -0.1) is 0 Å². The third-order valence-corrected chi connectivity index (χ3v) is 11.8. The number of carbonyl (C=O) groups is 6. The Kier molecular flexibility index (Phi) is 41.9. The molecule has 0 aliphatic rings. The lowest BCUT2D eigenvalue weighted by atomic mass is 10.0. The highest BCUT2D eigenvalue weighted by Crippen LogP contribution is 2.13. The smallest absolute Gasteiger partial charge is 0.243 e. The molecule has 0 aromatic rings. The number of quaternary nitrogens is 4. The van der Waals surface area contributed by atoms with Gasteiger partial charge in [0.05, 0.1) is 32.2 Å². The van der Waals surface area contributed by atoms with Gasteiger partial charge in [0, 0.05) is 19.4 Å². The zero-order valence-corrected chi connectivity index (χ0v) is 40.3. The van der Waals surface area contributed by atoms with Crippen LogP contribution in [0.15, 0.2) is 0 Å². The molecule has 5 amide bonds. The summed E-state index contributed by atoms with van der Waals surface area (Å²) in [5, 5.41) is 14.8. The van der Waals surface area contributed by atoms with Gasteiger partial charge in [0.2, 0.25) is 29.5 Å². The van der Waals surface area contributed by atoms with Gasteiger partial charge in [0.25, 0.3) is 0 Å². The highest BCUT2D eigenvalue weighted by molar-refractivity contribution is 5.92. The number of unbranched alkanes of at least 4 members (excludes halogenated alkanes) is 20. The van der Waals surface area contributed by atoms with Crippen molar-refractivity contribution < 1.29 is 51.7 Å². The Morgan fingerprint density at radius 2 is 0.746 bits per heavy atom. The van der Waals surface area contributed by atoms with Crippen LogP contribution in [0, 0.1) is 0 Å². The van der Waals surface area contributed by atoms with E-state index < -0.39 is 24.2 Å². The van der Waals surface area contributed by atoms with Gasteiger partial charge in [-0.05, 0) is 96.3 Å². The predicted octanol–water partition coefficient (Wildman–Crippen LogP) is 2.71. The molecule has 0 bridgehead atoms. The van der Waals surface area contributed by atoms with E-state index in [9.17, 15) is 28.8 Å². The normalized spacial score (nSPS) is 13.1. The lowest BCUT2D eigenvalue weighted by Crippen LogP contribution is -2.54. The summed E-state index contributed by atoms with van der Waals surface area (Å²) in [4.78, 5) is 77.0. The van der Waals surface area contributed by atoms with Crippen LogP contribution in [-0.2, 0) is 28.8 Å². The first-order valence-corrected chi connectivity index (χ1v) is 25.8. The van der Waals surface area contributed by atoms with Crippen molar-refractivity contribution in [1.82, 2.24) is 26.6 Å². The number of hydrogen-bond acceptors (Lipinski definition) is 6. The maximum Gasteiger partial charge on any atom is 0.243 e. The molecule has 0 saturated heterocycles. The van der Waals surface area contributed by atoms with E-state index in [2.05, 4.69) is 56.4 Å². The topological polar surface area (TPSA) is 273 Å². The second-order valence-corrected chi connectivity index (χ2v) is 17.8. The van der Waals surface area contributed by atoms with Crippen LogP contribution in [-0.4, -0.2) is 92.7 Å². The van der Waals surface area contributed by atoms with Crippen LogP contribution in [0.1, 0.15) is 212 Å². The summed E-state index contributed by atoms with van der Waals surface area (Å²) in [6.07, 6.45) is 30.0. The highest BCUT2D eigenvalue weighted by atomic mass is 16.2. The number of hydrogen-bond donors (Lipinski definition) is 9. The molecule has 0 aliphatic heterocycles. The third kappa shape index (κ3) is 35.8. The van der Waals surface area contributed by atoms with E-state index in [0.717, 1.165) is 161 Å². The van der Waals surface area contributed by atoms with E-state index >= 15 is 0 Å². The van der Waals surface area contributed by atoms with Gasteiger partial charge in [-0.3, -0.25) is 24.0 Å². The van der Waals surface area contributed by atoms with Gasteiger partial charge in [0.1, 0.15) is 24.4 Å². The first-order chi connectivity index (χ1) is 30.7. The number of carbonyl (C=O) groups excluding carboxylic acids is 6. The number of nitrogens with one attached hydrogen (secondary N) is 5. The zero-order valence-electron chi connectivity index (χ0n) is 40.3. The Labute approximate surface area is 382 Å². The zero-order chi connectivity index (χ0) is 46.6. The van der Waals surface area contributed by atoms with E-state index in [1.54, 1.807) is 0 Å². The first kappa shape index (κ1) is 59.9. The second-order valence-electron chi connectivity index (χ2n) is 17.8. The molecule has 4 atom stereocenters. The molecule has 15 nitrogen and oxygen atoms in total. The van der Waals surface area contributed by atoms with Gasteiger partial charge in [-0.25, -0.2) is 0 Å². The van der Waals surface area contributed by atoms with Crippen molar-refractivity contribution in [3.63, 3.8) is 0 Å². The van der Waals surface area contributed by atoms with Crippen molar-refractivity contribution in [3.05, 3.63) is 0 Å². The molecule has 0 heterocycles. The molecule has 0 rings (SSSR count). The number of rotatable bonds is 46. The third-order valence-electron chi connectivity index (χ3n) is 11.8. The van der Waals surface area contributed by atoms with Crippen LogP contribution in [0.5, 0.6) is 0 Å². The van der Waals surface area contributed by atoms with Crippen molar-refractivity contribution in [2.24, 2.45) is 0 Å². The molecular formula is C48H99N9O6+4. The molecule has 0 radical (unpaired) electrons. The molecule has 0 aromatic carbocycles. The average Bonchev–Trinajstić information content (AvgIpc) is 3.27. The lowest BCUT2D eigenvalue weighted by molar-refractivity contribution is -0.369. The summed E-state index contributed by atoms with van der Waals surface area (Å²) in [7, 11) is 0.